The lowest BCUT2D eigenvalue weighted by Gasteiger charge is -1.98. The lowest BCUT2D eigenvalue weighted by Crippen LogP contribution is -1.87. The van der Waals surface area contributed by atoms with Crippen LogP contribution in [-0.2, 0) is 4.84 Å². The summed E-state index contributed by atoms with van der Waals surface area (Å²) in [4.78, 5) is 4.75. The highest BCUT2D eigenvalue weighted by molar-refractivity contribution is 5.21. The molecular formula is C11H26N2O. The van der Waals surface area contributed by atoms with Crippen LogP contribution in [-0.4, -0.2) is 19.9 Å². The second-order valence-electron chi connectivity index (χ2n) is 3.14. The average molecular weight is 202 g/mol. The van der Waals surface area contributed by atoms with Gasteiger partial charge in [-0.2, -0.15) is 0 Å². The fraction of sp³-hybridized carbons (Fsp3) is 0.909. The molecule has 0 atom stereocenters. The SMILES string of the molecule is C=NOCCCCCCCC.CCN. The Morgan fingerprint density at radius 2 is 1.57 bits per heavy atom. The number of nitrogens with two attached hydrogens (primary N) is 1. The molecule has 0 saturated heterocycles. The molecule has 2 N–H and O–H groups in total. The molecule has 0 aromatic carbocycles. The number of oxime groups is 1. The van der Waals surface area contributed by atoms with E-state index in [4.69, 9.17) is 10.6 Å². The van der Waals surface area contributed by atoms with Gasteiger partial charge in [-0.25, -0.2) is 0 Å². The second kappa shape index (κ2) is 18.3. The minimum atomic E-state index is 0.732. The summed E-state index contributed by atoms with van der Waals surface area (Å²) in [7, 11) is 0. The molecule has 0 amide bonds. The fourth-order valence-corrected chi connectivity index (χ4v) is 1.01. The monoisotopic (exact) mass is 202 g/mol. The minimum absolute atomic E-state index is 0.732. The van der Waals surface area contributed by atoms with Gasteiger partial charge in [0.05, 0.1) is 0 Å². The van der Waals surface area contributed by atoms with E-state index in [0.717, 1.165) is 19.6 Å². The van der Waals surface area contributed by atoms with Crippen LogP contribution in [0.25, 0.3) is 0 Å². The maximum atomic E-state index is 4.85. The first-order valence-electron chi connectivity index (χ1n) is 5.61. The summed E-state index contributed by atoms with van der Waals surface area (Å²) in [5.41, 5.74) is 4.85. The number of unbranched alkanes of at least 4 members (excludes halogenated alkanes) is 5. The van der Waals surface area contributed by atoms with Gasteiger partial charge in [0, 0.05) is 6.72 Å². The van der Waals surface area contributed by atoms with Gasteiger partial charge in [-0.15, -0.1) is 5.16 Å². The quantitative estimate of drug-likeness (QED) is 0.374. The van der Waals surface area contributed by atoms with Gasteiger partial charge in [0.2, 0.25) is 0 Å². The third-order valence-corrected chi connectivity index (χ3v) is 1.68. The van der Waals surface area contributed by atoms with Crippen molar-refractivity contribution in [3.05, 3.63) is 0 Å². The van der Waals surface area contributed by atoms with Crippen LogP contribution < -0.4 is 5.73 Å². The fourth-order valence-electron chi connectivity index (χ4n) is 1.01. The molecule has 86 valence electrons. The number of hydrogen-bond donors (Lipinski definition) is 1. The first-order valence-corrected chi connectivity index (χ1v) is 5.61. The zero-order valence-electron chi connectivity index (χ0n) is 9.80. The number of rotatable bonds is 8. The first-order chi connectivity index (χ1) is 6.83. The van der Waals surface area contributed by atoms with Gasteiger partial charge in [-0.1, -0.05) is 39.5 Å². The normalized spacial score (nSPS) is 8.79. The van der Waals surface area contributed by atoms with Crippen molar-refractivity contribution in [2.24, 2.45) is 10.9 Å². The van der Waals surface area contributed by atoms with E-state index in [1.807, 2.05) is 6.92 Å². The van der Waals surface area contributed by atoms with Crippen molar-refractivity contribution in [3.8, 4) is 0 Å². The van der Waals surface area contributed by atoms with Crippen molar-refractivity contribution >= 4 is 6.72 Å². The Labute approximate surface area is 88.7 Å². The van der Waals surface area contributed by atoms with E-state index in [2.05, 4.69) is 18.8 Å². The van der Waals surface area contributed by atoms with Crippen LogP contribution in [0.1, 0.15) is 52.4 Å². The van der Waals surface area contributed by atoms with Gasteiger partial charge in [0.25, 0.3) is 0 Å². The summed E-state index contributed by atoms with van der Waals surface area (Å²) in [6.45, 7) is 8.85. The Morgan fingerprint density at radius 1 is 1.07 bits per heavy atom. The molecule has 0 radical (unpaired) electrons. The van der Waals surface area contributed by atoms with Crippen LogP contribution in [0.4, 0.5) is 0 Å². The van der Waals surface area contributed by atoms with E-state index < -0.39 is 0 Å². The van der Waals surface area contributed by atoms with Crippen LogP contribution in [0.3, 0.4) is 0 Å². The molecular weight excluding hydrogens is 176 g/mol. The smallest absolute Gasteiger partial charge is 0.117 e. The van der Waals surface area contributed by atoms with Gasteiger partial charge in [0.15, 0.2) is 0 Å². The topological polar surface area (TPSA) is 47.6 Å². The van der Waals surface area contributed by atoms with Crippen molar-refractivity contribution in [2.75, 3.05) is 13.2 Å². The van der Waals surface area contributed by atoms with Crippen molar-refractivity contribution in [1.29, 1.82) is 0 Å². The summed E-state index contributed by atoms with van der Waals surface area (Å²) in [6.07, 6.45) is 7.73. The molecule has 0 aromatic heterocycles. The molecule has 0 spiro atoms. The van der Waals surface area contributed by atoms with Gasteiger partial charge in [-0.05, 0) is 19.4 Å². The molecule has 3 nitrogen and oxygen atoms in total. The highest BCUT2D eigenvalue weighted by atomic mass is 16.6. The summed E-state index contributed by atoms with van der Waals surface area (Å²) in [5.74, 6) is 0. The lowest BCUT2D eigenvalue weighted by molar-refractivity contribution is 0.142. The van der Waals surface area contributed by atoms with Crippen molar-refractivity contribution in [1.82, 2.24) is 0 Å². The van der Waals surface area contributed by atoms with Crippen LogP contribution in [0.15, 0.2) is 5.16 Å². The molecule has 3 heteroatoms. The molecule has 0 aromatic rings. The highest BCUT2D eigenvalue weighted by Crippen LogP contribution is 2.04. The van der Waals surface area contributed by atoms with E-state index in [1.165, 1.54) is 32.1 Å². The molecule has 0 bridgehead atoms. The van der Waals surface area contributed by atoms with E-state index >= 15 is 0 Å². The third-order valence-electron chi connectivity index (χ3n) is 1.68. The lowest BCUT2D eigenvalue weighted by atomic mass is 10.1. The predicted molar refractivity (Wildman–Crippen MR) is 63.6 cm³/mol. The standard InChI is InChI=1S/C9H19NO.C2H7N/c1-3-4-5-6-7-8-9-11-10-2;1-2-3/h2-9H2,1H3;2-3H2,1H3. The zero-order valence-corrected chi connectivity index (χ0v) is 9.80. The average Bonchev–Trinajstić information content (AvgIpc) is 2.18. The predicted octanol–water partition coefficient (Wildman–Crippen LogP) is 2.94. The molecule has 0 aliphatic carbocycles. The Hall–Kier alpha value is -0.570. The summed E-state index contributed by atoms with van der Waals surface area (Å²) < 4.78 is 0. The summed E-state index contributed by atoms with van der Waals surface area (Å²) in [5, 5.41) is 3.32. The number of nitrogens with zero attached hydrogens (tertiary/aromatic N) is 1. The Morgan fingerprint density at radius 3 is 2.07 bits per heavy atom. The van der Waals surface area contributed by atoms with Crippen LogP contribution in [0, 0.1) is 0 Å². The van der Waals surface area contributed by atoms with Crippen LogP contribution in [0.5, 0.6) is 0 Å². The zero-order chi connectivity index (χ0) is 11.1. The molecule has 0 saturated carbocycles. The summed E-state index contributed by atoms with van der Waals surface area (Å²) in [6, 6.07) is 0. The Balaban J connectivity index is 0. The van der Waals surface area contributed by atoms with E-state index in [9.17, 15) is 0 Å². The molecule has 0 rings (SSSR count). The van der Waals surface area contributed by atoms with Crippen molar-refractivity contribution in [2.45, 2.75) is 52.4 Å². The van der Waals surface area contributed by atoms with Gasteiger partial charge in [0.1, 0.15) is 6.61 Å². The van der Waals surface area contributed by atoms with Crippen molar-refractivity contribution in [3.63, 3.8) is 0 Å². The molecule has 0 fully saturated rings. The molecule has 0 unspecified atom stereocenters. The third kappa shape index (κ3) is 22.5. The summed E-state index contributed by atoms with van der Waals surface area (Å²) >= 11 is 0. The first kappa shape index (κ1) is 15.9. The number of hydrogen-bond acceptors (Lipinski definition) is 3. The minimum Gasteiger partial charge on any atom is -0.396 e. The Bertz CT molecular complexity index is 97.3. The van der Waals surface area contributed by atoms with Crippen LogP contribution in [0.2, 0.25) is 0 Å². The second-order valence-corrected chi connectivity index (χ2v) is 3.14. The van der Waals surface area contributed by atoms with Crippen molar-refractivity contribution < 1.29 is 4.84 Å². The molecule has 14 heavy (non-hydrogen) atoms. The van der Waals surface area contributed by atoms with Gasteiger partial charge in [-0.3, -0.25) is 0 Å². The van der Waals surface area contributed by atoms with E-state index in [0.29, 0.717) is 0 Å². The van der Waals surface area contributed by atoms with E-state index in [1.54, 1.807) is 0 Å². The Kier molecular flexibility index (Phi) is 20.7. The maximum Gasteiger partial charge on any atom is 0.117 e. The highest BCUT2D eigenvalue weighted by Gasteiger charge is 1.88. The molecule has 0 aliphatic rings. The van der Waals surface area contributed by atoms with Gasteiger partial charge >= 0.3 is 0 Å². The molecule has 0 aliphatic heterocycles. The van der Waals surface area contributed by atoms with E-state index in [-0.39, 0.29) is 0 Å². The van der Waals surface area contributed by atoms with Gasteiger partial charge < -0.3 is 10.6 Å². The largest absolute Gasteiger partial charge is 0.396 e. The molecule has 0 heterocycles. The van der Waals surface area contributed by atoms with Crippen LogP contribution >= 0.6 is 0 Å². The maximum absolute atomic E-state index is 4.85.